The fourth-order valence-corrected chi connectivity index (χ4v) is 1.22. The Morgan fingerprint density at radius 2 is 2.14 bits per heavy atom. The number of nitriles is 1. The molecule has 0 unspecified atom stereocenters. The van der Waals surface area contributed by atoms with Crippen LogP contribution in [0.2, 0.25) is 0 Å². The molecule has 1 heterocycles. The van der Waals surface area contributed by atoms with Gasteiger partial charge in [0.05, 0.1) is 23.5 Å². The van der Waals surface area contributed by atoms with Gasteiger partial charge in [-0.25, -0.2) is 4.39 Å². The average Bonchev–Trinajstić information content (AvgIpc) is 2.71. The summed E-state index contributed by atoms with van der Waals surface area (Å²) in [6, 6.07) is 9.43. The Hall–Kier alpha value is -2.08. The van der Waals surface area contributed by atoms with Crippen LogP contribution in [0.1, 0.15) is 5.56 Å². The van der Waals surface area contributed by atoms with Gasteiger partial charge in [0.2, 0.25) is 0 Å². The first-order valence-electron chi connectivity index (χ1n) is 4.05. The number of benzene rings is 1. The summed E-state index contributed by atoms with van der Waals surface area (Å²) < 4.78 is 18.4. The maximum atomic E-state index is 13.3. The van der Waals surface area contributed by atoms with Crippen molar-refractivity contribution in [3.63, 3.8) is 0 Å². The Morgan fingerprint density at radius 3 is 2.79 bits per heavy atom. The van der Waals surface area contributed by atoms with Crippen LogP contribution in [0.4, 0.5) is 4.39 Å². The predicted octanol–water partition coefficient (Wildman–Crippen LogP) is 2.96. The lowest BCUT2D eigenvalue weighted by Crippen LogP contribution is -1.84. The first-order chi connectivity index (χ1) is 6.81. The second-order valence-electron chi connectivity index (χ2n) is 2.78. The van der Waals surface area contributed by atoms with Crippen molar-refractivity contribution in [2.75, 3.05) is 0 Å². The molecule has 0 bridgehead atoms. The van der Waals surface area contributed by atoms with Gasteiger partial charge >= 0.3 is 0 Å². The molecule has 1 aromatic heterocycles. The fourth-order valence-electron chi connectivity index (χ4n) is 1.22. The third kappa shape index (κ3) is 1.38. The topological polar surface area (TPSA) is 36.9 Å². The van der Waals surface area contributed by atoms with Crippen molar-refractivity contribution >= 4 is 0 Å². The van der Waals surface area contributed by atoms with E-state index in [4.69, 9.17) is 9.68 Å². The van der Waals surface area contributed by atoms with Gasteiger partial charge in [0.25, 0.3) is 0 Å². The van der Waals surface area contributed by atoms with Crippen molar-refractivity contribution in [1.82, 2.24) is 0 Å². The number of rotatable bonds is 1. The Kier molecular flexibility index (Phi) is 2.04. The van der Waals surface area contributed by atoms with Gasteiger partial charge in [-0.2, -0.15) is 5.26 Å². The lowest BCUT2D eigenvalue weighted by molar-refractivity contribution is 0.569. The third-order valence-electron chi connectivity index (χ3n) is 1.88. The average molecular weight is 187 g/mol. The summed E-state index contributed by atoms with van der Waals surface area (Å²) in [6.45, 7) is 0. The van der Waals surface area contributed by atoms with Crippen molar-refractivity contribution in [3.8, 4) is 17.4 Å². The van der Waals surface area contributed by atoms with Gasteiger partial charge in [0, 0.05) is 0 Å². The zero-order valence-electron chi connectivity index (χ0n) is 7.20. The summed E-state index contributed by atoms with van der Waals surface area (Å²) in [6.07, 6.45) is 1.47. The molecular weight excluding hydrogens is 181 g/mol. The SMILES string of the molecule is N#Cc1ccc(F)c(-c2ccco2)c1. The zero-order valence-corrected chi connectivity index (χ0v) is 7.20. The van der Waals surface area contributed by atoms with Gasteiger partial charge in [-0.05, 0) is 30.3 Å². The Bertz CT molecular complexity index is 482. The molecule has 0 amide bonds. The zero-order chi connectivity index (χ0) is 9.97. The van der Waals surface area contributed by atoms with E-state index in [-0.39, 0.29) is 5.82 Å². The number of hydrogen-bond donors (Lipinski definition) is 0. The summed E-state index contributed by atoms with van der Waals surface area (Å²) in [5.74, 6) is 0.0403. The molecule has 14 heavy (non-hydrogen) atoms. The Balaban J connectivity index is 2.58. The number of halogens is 1. The highest BCUT2D eigenvalue weighted by molar-refractivity contribution is 5.60. The van der Waals surface area contributed by atoms with E-state index in [1.165, 1.54) is 24.5 Å². The quantitative estimate of drug-likeness (QED) is 0.688. The van der Waals surface area contributed by atoms with Gasteiger partial charge in [0.1, 0.15) is 11.6 Å². The molecule has 2 nitrogen and oxygen atoms in total. The van der Waals surface area contributed by atoms with E-state index in [9.17, 15) is 4.39 Å². The first kappa shape index (κ1) is 8.52. The molecule has 0 atom stereocenters. The molecular formula is C11H6FNO. The van der Waals surface area contributed by atoms with Crippen LogP contribution in [0, 0.1) is 17.1 Å². The molecule has 68 valence electrons. The molecule has 0 saturated heterocycles. The minimum Gasteiger partial charge on any atom is -0.464 e. The van der Waals surface area contributed by atoms with Crippen molar-refractivity contribution in [3.05, 3.63) is 48.0 Å². The van der Waals surface area contributed by atoms with E-state index < -0.39 is 0 Å². The molecule has 1 aromatic carbocycles. The molecule has 0 saturated carbocycles. The summed E-state index contributed by atoms with van der Waals surface area (Å²) in [5, 5.41) is 8.65. The summed E-state index contributed by atoms with van der Waals surface area (Å²) in [4.78, 5) is 0. The van der Waals surface area contributed by atoms with Gasteiger partial charge in [0.15, 0.2) is 0 Å². The van der Waals surface area contributed by atoms with Crippen LogP contribution in [-0.2, 0) is 0 Å². The van der Waals surface area contributed by atoms with Crippen LogP contribution < -0.4 is 0 Å². The number of hydrogen-bond acceptors (Lipinski definition) is 2. The third-order valence-corrected chi connectivity index (χ3v) is 1.88. The van der Waals surface area contributed by atoms with Gasteiger partial charge in [-0.1, -0.05) is 0 Å². The van der Waals surface area contributed by atoms with Crippen LogP contribution in [-0.4, -0.2) is 0 Å². The van der Waals surface area contributed by atoms with Crippen LogP contribution in [0.5, 0.6) is 0 Å². The highest BCUT2D eigenvalue weighted by atomic mass is 19.1. The van der Waals surface area contributed by atoms with Crippen LogP contribution in [0.3, 0.4) is 0 Å². The second-order valence-corrected chi connectivity index (χ2v) is 2.78. The van der Waals surface area contributed by atoms with Gasteiger partial charge in [-0.3, -0.25) is 0 Å². The van der Waals surface area contributed by atoms with E-state index in [1.54, 1.807) is 12.1 Å². The summed E-state index contributed by atoms with van der Waals surface area (Å²) in [7, 11) is 0. The molecule has 3 heteroatoms. The van der Waals surface area contributed by atoms with E-state index in [0.717, 1.165) is 0 Å². The molecule has 0 aliphatic heterocycles. The molecule has 0 radical (unpaired) electrons. The summed E-state index contributed by atoms with van der Waals surface area (Å²) in [5.41, 5.74) is 0.729. The van der Waals surface area contributed by atoms with E-state index in [0.29, 0.717) is 16.9 Å². The van der Waals surface area contributed by atoms with Gasteiger partial charge < -0.3 is 4.42 Å². The second kappa shape index (κ2) is 3.35. The largest absolute Gasteiger partial charge is 0.464 e. The molecule has 2 rings (SSSR count). The molecule has 0 aliphatic carbocycles. The molecule has 0 spiro atoms. The lowest BCUT2D eigenvalue weighted by atomic mass is 10.1. The minimum atomic E-state index is -0.390. The molecule has 0 fully saturated rings. The van der Waals surface area contributed by atoms with E-state index in [2.05, 4.69) is 0 Å². The summed E-state index contributed by atoms with van der Waals surface area (Å²) >= 11 is 0. The maximum absolute atomic E-state index is 13.3. The van der Waals surface area contributed by atoms with Crippen molar-refractivity contribution < 1.29 is 8.81 Å². The van der Waals surface area contributed by atoms with Gasteiger partial charge in [-0.15, -0.1) is 0 Å². The Labute approximate surface area is 80.2 Å². The number of furan rings is 1. The molecule has 0 N–H and O–H groups in total. The fraction of sp³-hybridized carbons (Fsp3) is 0. The molecule has 2 aromatic rings. The van der Waals surface area contributed by atoms with E-state index >= 15 is 0 Å². The normalized spacial score (nSPS) is 9.71. The van der Waals surface area contributed by atoms with E-state index in [1.807, 2.05) is 6.07 Å². The maximum Gasteiger partial charge on any atom is 0.136 e. The van der Waals surface area contributed by atoms with Crippen molar-refractivity contribution in [2.45, 2.75) is 0 Å². The van der Waals surface area contributed by atoms with Crippen molar-refractivity contribution in [2.24, 2.45) is 0 Å². The first-order valence-corrected chi connectivity index (χ1v) is 4.05. The van der Waals surface area contributed by atoms with Crippen LogP contribution in [0.25, 0.3) is 11.3 Å². The standard InChI is InChI=1S/C11H6FNO/c12-10-4-3-8(7-13)6-9(10)11-2-1-5-14-11/h1-6H. The monoisotopic (exact) mass is 187 g/mol. The Morgan fingerprint density at radius 1 is 1.29 bits per heavy atom. The highest BCUT2D eigenvalue weighted by Crippen LogP contribution is 2.23. The van der Waals surface area contributed by atoms with Crippen LogP contribution in [0.15, 0.2) is 41.0 Å². The minimum absolute atomic E-state index is 0.314. The predicted molar refractivity (Wildman–Crippen MR) is 48.8 cm³/mol. The highest BCUT2D eigenvalue weighted by Gasteiger charge is 2.07. The van der Waals surface area contributed by atoms with Crippen LogP contribution >= 0.6 is 0 Å². The smallest absolute Gasteiger partial charge is 0.136 e. The molecule has 0 aliphatic rings. The number of nitrogens with zero attached hydrogens (tertiary/aromatic N) is 1. The van der Waals surface area contributed by atoms with Crippen molar-refractivity contribution in [1.29, 1.82) is 5.26 Å². The lowest BCUT2D eigenvalue weighted by Gasteiger charge is -1.98.